The van der Waals surface area contributed by atoms with Crippen LogP contribution in [-0.4, -0.2) is 41.9 Å². The van der Waals surface area contributed by atoms with Crippen LogP contribution in [0.2, 0.25) is 0 Å². The van der Waals surface area contributed by atoms with Crippen molar-refractivity contribution in [1.29, 1.82) is 0 Å². The number of hydrogen-bond acceptors (Lipinski definition) is 4. The Balaban J connectivity index is 1.05. The molecule has 4 aromatic carbocycles. The lowest BCUT2D eigenvalue weighted by atomic mass is 9.85. The van der Waals surface area contributed by atoms with Crippen molar-refractivity contribution in [3.63, 3.8) is 0 Å². The van der Waals surface area contributed by atoms with Crippen LogP contribution in [0.15, 0.2) is 185 Å². The van der Waals surface area contributed by atoms with Gasteiger partial charge in [0.1, 0.15) is 12.0 Å². The van der Waals surface area contributed by atoms with Crippen LogP contribution in [-0.2, 0) is 0 Å². The van der Waals surface area contributed by atoms with Gasteiger partial charge in [0.25, 0.3) is 0 Å². The zero-order chi connectivity index (χ0) is 34.3. The third kappa shape index (κ3) is 5.75. The van der Waals surface area contributed by atoms with E-state index in [0.717, 1.165) is 30.1 Å². The molecule has 0 saturated carbocycles. The highest BCUT2D eigenvalue weighted by molar-refractivity contribution is 6.13. The van der Waals surface area contributed by atoms with E-state index >= 15 is 0 Å². The number of rotatable bonds is 6. The molecule has 0 spiro atoms. The summed E-state index contributed by atoms with van der Waals surface area (Å²) in [5.74, 6) is 2.47. The molecule has 5 unspecified atom stereocenters. The minimum atomic E-state index is -0.178. The summed E-state index contributed by atoms with van der Waals surface area (Å²) in [6, 6.07) is 39.6. The molecule has 51 heavy (non-hydrogen) atoms. The maximum Gasteiger partial charge on any atom is 0.155 e. The molecule has 0 amide bonds. The smallest absolute Gasteiger partial charge is 0.155 e. The van der Waals surface area contributed by atoms with E-state index in [1.54, 1.807) is 0 Å². The molecule has 3 aliphatic carbocycles. The van der Waals surface area contributed by atoms with Crippen LogP contribution in [0, 0.1) is 5.92 Å². The van der Waals surface area contributed by atoms with Gasteiger partial charge in [-0.3, -0.25) is 0 Å². The average molecular weight is 663 g/mol. The molecule has 2 aliphatic heterocycles. The second-order valence-electron chi connectivity index (χ2n) is 14.2. The van der Waals surface area contributed by atoms with Gasteiger partial charge in [0.2, 0.25) is 0 Å². The van der Waals surface area contributed by atoms with Crippen molar-refractivity contribution >= 4 is 22.9 Å². The van der Waals surface area contributed by atoms with Gasteiger partial charge in [0.15, 0.2) is 5.84 Å². The lowest BCUT2D eigenvalue weighted by Gasteiger charge is -2.38. The Bertz CT molecular complexity index is 2200. The number of benzene rings is 4. The largest absolute Gasteiger partial charge is 0.357 e. The SMILES string of the molecule is CC1CC(c2ccccc2)=CC=C1C1=NC(C2=CCC(N3c4ccccc4C4C=CC=CC43)C=C2)N(C)C(c2ccc(-c3ccccc3)cc2)=N1. The summed E-state index contributed by atoms with van der Waals surface area (Å²) < 4.78 is 0. The van der Waals surface area contributed by atoms with Crippen molar-refractivity contribution in [3.05, 3.63) is 192 Å². The number of allylic oxidation sites excluding steroid dienone is 5. The predicted octanol–water partition coefficient (Wildman–Crippen LogP) is 10.2. The van der Waals surface area contributed by atoms with E-state index in [1.807, 2.05) is 0 Å². The zero-order valence-electron chi connectivity index (χ0n) is 29.2. The van der Waals surface area contributed by atoms with Crippen LogP contribution in [0.1, 0.15) is 42.4 Å². The van der Waals surface area contributed by atoms with E-state index in [4.69, 9.17) is 9.98 Å². The minimum absolute atomic E-state index is 0.178. The van der Waals surface area contributed by atoms with Crippen LogP contribution < -0.4 is 4.90 Å². The molecule has 0 fully saturated rings. The second kappa shape index (κ2) is 13.2. The van der Waals surface area contributed by atoms with Crippen molar-refractivity contribution in [2.45, 2.75) is 43.9 Å². The lowest BCUT2D eigenvalue weighted by Crippen LogP contribution is -2.44. The number of nitrogens with zero attached hydrogens (tertiary/aromatic N) is 4. The van der Waals surface area contributed by atoms with E-state index in [1.165, 1.54) is 44.7 Å². The van der Waals surface area contributed by atoms with Crippen LogP contribution in [0.4, 0.5) is 5.69 Å². The average Bonchev–Trinajstić information content (AvgIpc) is 3.53. The number of anilines is 1. The number of hydrogen-bond donors (Lipinski definition) is 0. The third-order valence-corrected chi connectivity index (χ3v) is 11.1. The molecular formula is C47H42N4. The Hall–Kier alpha value is -5.74. The molecule has 2 heterocycles. The first-order valence-electron chi connectivity index (χ1n) is 18.2. The molecule has 0 N–H and O–H groups in total. The fourth-order valence-corrected chi connectivity index (χ4v) is 8.43. The van der Waals surface area contributed by atoms with Gasteiger partial charge in [-0.05, 0) is 63.8 Å². The molecule has 4 heteroatoms. The Labute approximate surface area is 301 Å². The van der Waals surface area contributed by atoms with E-state index in [9.17, 15) is 0 Å². The van der Waals surface area contributed by atoms with Crippen LogP contribution in [0.3, 0.4) is 0 Å². The fraction of sp³-hybridized carbons (Fsp3) is 0.191. The molecular weight excluding hydrogens is 621 g/mol. The van der Waals surface area contributed by atoms with Crippen LogP contribution in [0.5, 0.6) is 0 Å². The summed E-state index contributed by atoms with van der Waals surface area (Å²) in [6.45, 7) is 2.31. The van der Waals surface area contributed by atoms with Crippen molar-refractivity contribution in [3.8, 4) is 11.1 Å². The summed E-state index contributed by atoms with van der Waals surface area (Å²) in [5, 5.41) is 0. The van der Waals surface area contributed by atoms with E-state index in [-0.39, 0.29) is 12.2 Å². The number of para-hydroxylation sites is 1. The molecule has 0 radical (unpaired) electrons. The first-order chi connectivity index (χ1) is 25.1. The van der Waals surface area contributed by atoms with E-state index in [2.05, 4.69) is 188 Å². The first kappa shape index (κ1) is 31.3. The molecule has 0 aromatic heterocycles. The molecule has 5 atom stereocenters. The summed E-state index contributed by atoms with van der Waals surface area (Å²) in [6.07, 6.45) is 22.5. The topological polar surface area (TPSA) is 31.2 Å². The molecule has 250 valence electrons. The molecule has 4 aromatic rings. The van der Waals surface area contributed by atoms with Crippen LogP contribution in [0.25, 0.3) is 16.7 Å². The lowest BCUT2D eigenvalue weighted by molar-refractivity contribution is 0.418. The number of amidine groups is 2. The summed E-state index contributed by atoms with van der Waals surface area (Å²) in [7, 11) is 2.14. The Morgan fingerprint density at radius 3 is 2.12 bits per heavy atom. The Morgan fingerprint density at radius 2 is 1.37 bits per heavy atom. The fourth-order valence-electron chi connectivity index (χ4n) is 8.43. The van der Waals surface area contributed by atoms with E-state index in [0.29, 0.717) is 17.9 Å². The van der Waals surface area contributed by atoms with Gasteiger partial charge in [0, 0.05) is 24.2 Å². The predicted molar refractivity (Wildman–Crippen MR) is 213 cm³/mol. The summed E-state index contributed by atoms with van der Waals surface area (Å²) in [5.41, 5.74) is 11.3. The van der Waals surface area contributed by atoms with Gasteiger partial charge in [-0.2, -0.15) is 0 Å². The van der Waals surface area contributed by atoms with Crippen molar-refractivity contribution in [2.24, 2.45) is 15.9 Å². The number of aliphatic imine (C=N–C) groups is 2. The van der Waals surface area contributed by atoms with E-state index < -0.39 is 0 Å². The second-order valence-corrected chi connectivity index (χ2v) is 14.2. The molecule has 0 bridgehead atoms. The number of likely N-dealkylation sites (N-methyl/N-ethyl adjacent to an activating group) is 1. The maximum absolute atomic E-state index is 5.43. The standard InChI is InChI=1S/C47H42N4/c1-32-31-38(34-15-7-4-8-16-34)27-30-40(32)45-48-46(36-23-21-35(22-24-36)33-13-5-3-6-14-33)50(2)47(49-45)37-25-28-39(29-26-37)51-43-19-11-9-17-41(43)42-18-10-12-20-44(42)51/h3-28,30,32,39,41,43,47H,29,31H2,1-2H3. The van der Waals surface area contributed by atoms with Gasteiger partial charge in [-0.15, -0.1) is 0 Å². The Kier molecular flexibility index (Phi) is 8.08. The van der Waals surface area contributed by atoms with Gasteiger partial charge in [-0.1, -0.05) is 165 Å². The van der Waals surface area contributed by atoms with Gasteiger partial charge >= 0.3 is 0 Å². The zero-order valence-corrected chi connectivity index (χ0v) is 29.2. The minimum Gasteiger partial charge on any atom is -0.357 e. The molecule has 4 nitrogen and oxygen atoms in total. The van der Waals surface area contributed by atoms with Crippen LogP contribution >= 0.6 is 0 Å². The third-order valence-electron chi connectivity index (χ3n) is 11.1. The van der Waals surface area contributed by atoms with Gasteiger partial charge in [0.05, 0.1) is 12.1 Å². The first-order valence-corrected chi connectivity index (χ1v) is 18.2. The summed E-state index contributed by atoms with van der Waals surface area (Å²) in [4.78, 5) is 15.6. The van der Waals surface area contributed by atoms with Crippen molar-refractivity contribution in [2.75, 3.05) is 11.9 Å². The molecule has 9 rings (SSSR count). The Morgan fingerprint density at radius 1 is 0.686 bits per heavy atom. The molecule has 0 saturated heterocycles. The maximum atomic E-state index is 5.43. The normalized spacial score (nSPS) is 25.0. The highest BCUT2D eigenvalue weighted by atomic mass is 15.3. The van der Waals surface area contributed by atoms with Gasteiger partial charge in [-0.25, -0.2) is 9.98 Å². The highest BCUT2D eigenvalue weighted by Gasteiger charge is 2.40. The van der Waals surface area contributed by atoms with Crippen molar-refractivity contribution < 1.29 is 0 Å². The monoisotopic (exact) mass is 662 g/mol. The number of fused-ring (bicyclic) bond motifs is 3. The highest BCUT2D eigenvalue weighted by Crippen LogP contribution is 2.46. The van der Waals surface area contributed by atoms with Gasteiger partial charge < -0.3 is 9.80 Å². The molecule has 5 aliphatic rings. The quantitative estimate of drug-likeness (QED) is 0.206. The summed E-state index contributed by atoms with van der Waals surface area (Å²) >= 11 is 0. The van der Waals surface area contributed by atoms with Crippen molar-refractivity contribution in [1.82, 2.24) is 4.90 Å².